The van der Waals surface area contributed by atoms with Gasteiger partial charge in [0.05, 0.1) is 23.0 Å². The van der Waals surface area contributed by atoms with Gasteiger partial charge in [-0.05, 0) is 49.9 Å². The topological polar surface area (TPSA) is 78.7 Å². The molecular formula is C30H36Cl2N4O2S. The molecular weight excluding hydrogens is 551 g/mol. The van der Waals surface area contributed by atoms with Gasteiger partial charge in [0.25, 0.3) is 0 Å². The van der Waals surface area contributed by atoms with Gasteiger partial charge in [0.15, 0.2) is 0 Å². The van der Waals surface area contributed by atoms with Crippen LogP contribution in [0.5, 0.6) is 0 Å². The van der Waals surface area contributed by atoms with Gasteiger partial charge < -0.3 is 16.0 Å². The summed E-state index contributed by atoms with van der Waals surface area (Å²) in [5, 5.41) is 4.53. The highest BCUT2D eigenvalue weighted by Crippen LogP contribution is 2.36. The molecule has 1 aliphatic carbocycles. The summed E-state index contributed by atoms with van der Waals surface area (Å²) in [6.45, 7) is 3.26. The quantitative estimate of drug-likeness (QED) is 0.474. The number of nitrogens with two attached hydrogens (primary N) is 1. The summed E-state index contributed by atoms with van der Waals surface area (Å²) in [7, 11) is -1.24. The van der Waals surface area contributed by atoms with E-state index in [2.05, 4.69) is 10.2 Å². The van der Waals surface area contributed by atoms with Crippen LogP contribution in [0.2, 0.25) is 10.0 Å². The number of piperazine rings is 1. The summed E-state index contributed by atoms with van der Waals surface area (Å²) in [5.41, 5.74) is 8.46. The number of carbonyl (C=O) groups is 1. The van der Waals surface area contributed by atoms with Gasteiger partial charge in [-0.2, -0.15) is 0 Å². The standard InChI is InChI=1S/C30H36Cl2N4O2S/c31-27-7-4-8-28(32)30(27)21-17-23(34-24(18-21)20-39(38)26-5-2-1-3-6-26)19-29(37)36-15-13-35(14-16-36)25-11-9-22(33)10-12-25/h1-8,17-18,21-22,25,34H,9-16,19-20,33H2/t21?,22?,25?,39-/m0/s1. The maximum Gasteiger partial charge on any atom is 0.228 e. The van der Waals surface area contributed by atoms with Gasteiger partial charge in [-0.25, -0.2) is 0 Å². The maximum absolute atomic E-state index is 13.4. The monoisotopic (exact) mass is 586 g/mol. The lowest BCUT2D eigenvalue weighted by Gasteiger charge is -2.41. The Balaban J connectivity index is 1.27. The molecule has 2 aliphatic heterocycles. The predicted octanol–water partition coefficient (Wildman–Crippen LogP) is 5.06. The molecule has 0 radical (unpaired) electrons. The molecule has 3 aliphatic rings. The van der Waals surface area contributed by atoms with E-state index in [9.17, 15) is 9.00 Å². The minimum Gasteiger partial charge on any atom is -0.362 e. The van der Waals surface area contributed by atoms with E-state index in [0.717, 1.165) is 73.7 Å². The predicted molar refractivity (Wildman–Crippen MR) is 159 cm³/mol. The fraction of sp³-hybridized carbons (Fsp3) is 0.433. The SMILES string of the molecule is NC1CCC(N2CCN(C(=O)CC3=CC(c4c(Cl)cccc4Cl)C=C(C[S@](=O)c4ccccc4)N3)CC2)CC1. The Labute approximate surface area is 243 Å². The van der Waals surface area contributed by atoms with Gasteiger partial charge in [0, 0.05) is 76.1 Å². The maximum atomic E-state index is 13.4. The second kappa shape index (κ2) is 13.0. The number of benzene rings is 2. The number of hydrogen-bond acceptors (Lipinski definition) is 5. The molecule has 1 unspecified atom stereocenters. The summed E-state index contributed by atoms with van der Waals surface area (Å²) in [4.78, 5) is 18.7. The molecule has 0 spiro atoms. The van der Waals surface area contributed by atoms with E-state index in [0.29, 0.717) is 27.9 Å². The number of amides is 1. The van der Waals surface area contributed by atoms with Crippen LogP contribution in [0.1, 0.15) is 43.6 Å². The van der Waals surface area contributed by atoms with E-state index in [1.807, 2.05) is 65.6 Å². The van der Waals surface area contributed by atoms with Crippen molar-refractivity contribution in [3.63, 3.8) is 0 Å². The molecule has 0 aromatic heterocycles. The Morgan fingerprint density at radius 3 is 2.21 bits per heavy atom. The lowest BCUT2D eigenvalue weighted by atomic mass is 9.90. The second-order valence-corrected chi connectivity index (χ2v) is 12.9. The van der Waals surface area contributed by atoms with Crippen LogP contribution >= 0.6 is 23.2 Å². The minimum absolute atomic E-state index is 0.0912. The number of dihydropyridines is 1. The first-order valence-corrected chi connectivity index (χ1v) is 15.8. The van der Waals surface area contributed by atoms with Crippen molar-refractivity contribution in [3.8, 4) is 0 Å². The summed E-state index contributed by atoms with van der Waals surface area (Å²) in [6.07, 6.45) is 8.75. The van der Waals surface area contributed by atoms with E-state index in [-0.39, 0.29) is 18.2 Å². The van der Waals surface area contributed by atoms with Crippen molar-refractivity contribution in [1.82, 2.24) is 15.1 Å². The van der Waals surface area contributed by atoms with Crippen LogP contribution in [0.4, 0.5) is 0 Å². The van der Waals surface area contributed by atoms with Crippen LogP contribution in [0.25, 0.3) is 0 Å². The first kappa shape index (κ1) is 28.4. The molecule has 6 nitrogen and oxygen atoms in total. The fourth-order valence-electron chi connectivity index (χ4n) is 5.83. The summed E-state index contributed by atoms with van der Waals surface area (Å²) in [6, 6.07) is 15.8. The Morgan fingerprint density at radius 2 is 1.54 bits per heavy atom. The Kier molecular flexibility index (Phi) is 9.46. The number of nitrogens with zero attached hydrogens (tertiary/aromatic N) is 2. The largest absolute Gasteiger partial charge is 0.362 e. The molecule has 0 bridgehead atoms. The third-order valence-electron chi connectivity index (χ3n) is 7.97. The normalized spacial score (nSPS) is 24.9. The average Bonchev–Trinajstić information content (AvgIpc) is 2.94. The Morgan fingerprint density at radius 1 is 0.897 bits per heavy atom. The van der Waals surface area contributed by atoms with Gasteiger partial charge in [-0.1, -0.05) is 59.6 Å². The average molecular weight is 588 g/mol. The molecule has 2 atom stereocenters. The van der Waals surface area contributed by atoms with Crippen LogP contribution in [0, 0.1) is 0 Å². The number of hydrogen-bond donors (Lipinski definition) is 2. The lowest BCUT2D eigenvalue weighted by molar-refractivity contribution is -0.132. The first-order chi connectivity index (χ1) is 18.9. The van der Waals surface area contributed by atoms with Crippen LogP contribution in [0.15, 0.2) is 77.0 Å². The summed E-state index contributed by atoms with van der Waals surface area (Å²) >= 11 is 13.1. The Hall–Kier alpha value is -2.16. The van der Waals surface area contributed by atoms with Crippen LogP contribution in [-0.4, -0.2) is 63.9 Å². The molecule has 1 saturated carbocycles. The molecule has 9 heteroatoms. The van der Waals surface area contributed by atoms with Crippen molar-refractivity contribution in [2.75, 3.05) is 31.9 Å². The highest BCUT2D eigenvalue weighted by Gasteiger charge is 2.30. The second-order valence-electron chi connectivity index (χ2n) is 10.6. The molecule has 5 rings (SSSR count). The van der Waals surface area contributed by atoms with E-state index in [4.69, 9.17) is 28.9 Å². The van der Waals surface area contributed by atoms with Crippen molar-refractivity contribution in [3.05, 3.63) is 87.7 Å². The number of allylic oxidation sites excluding steroid dienone is 2. The van der Waals surface area contributed by atoms with Crippen molar-refractivity contribution >= 4 is 39.9 Å². The van der Waals surface area contributed by atoms with E-state index < -0.39 is 10.8 Å². The molecule has 2 aromatic rings. The molecule has 3 N–H and O–H groups in total. The third kappa shape index (κ3) is 7.14. The van der Waals surface area contributed by atoms with Gasteiger partial charge in [-0.3, -0.25) is 13.9 Å². The zero-order valence-corrected chi connectivity index (χ0v) is 24.4. The van der Waals surface area contributed by atoms with Crippen molar-refractivity contribution in [1.29, 1.82) is 0 Å². The highest BCUT2D eigenvalue weighted by atomic mass is 35.5. The smallest absolute Gasteiger partial charge is 0.228 e. The van der Waals surface area contributed by atoms with E-state index in [1.54, 1.807) is 0 Å². The molecule has 1 saturated heterocycles. The van der Waals surface area contributed by atoms with Crippen molar-refractivity contribution < 1.29 is 9.00 Å². The van der Waals surface area contributed by atoms with Gasteiger partial charge in [0.2, 0.25) is 5.91 Å². The fourth-order valence-corrected chi connectivity index (χ4v) is 7.56. The molecule has 2 aromatic carbocycles. The third-order valence-corrected chi connectivity index (χ3v) is 10.0. The highest BCUT2D eigenvalue weighted by molar-refractivity contribution is 7.85. The van der Waals surface area contributed by atoms with Gasteiger partial charge in [0.1, 0.15) is 0 Å². The van der Waals surface area contributed by atoms with Crippen LogP contribution < -0.4 is 11.1 Å². The van der Waals surface area contributed by atoms with E-state index in [1.165, 1.54) is 0 Å². The minimum atomic E-state index is -1.24. The van der Waals surface area contributed by atoms with Gasteiger partial charge in [-0.15, -0.1) is 0 Å². The zero-order valence-electron chi connectivity index (χ0n) is 22.0. The number of rotatable bonds is 7. The summed E-state index contributed by atoms with van der Waals surface area (Å²) < 4.78 is 13.1. The Bertz CT molecular complexity index is 1230. The number of halogens is 2. The van der Waals surface area contributed by atoms with Gasteiger partial charge >= 0.3 is 0 Å². The first-order valence-electron chi connectivity index (χ1n) is 13.7. The van der Waals surface area contributed by atoms with E-state index >= 15 is 0 Å². The number of carbonyl (C=O) groups excluding carboxylic acids is 1. The van der Waals surface area contributed by atoms with Crippen LogP contribution in [-0.2, 0) is 15.6 Å². The molecule has 2 heterocycles. The molecule has 208 valence electrons. The van der Waals surface area contributed by atoms with Crippen molar-refractivity contribution in [2.24, 2.45) is 5.73 Å². The summed E-state index contributed by atoms with van der Waals surface area (Å²) in [5.74, 6) is 0.165. The molecule has 1 amide bonds. The molecule has 2 fully saturated rings. The molecule has 39 heavy (non-hydrogen) atoms. The lowest BCUT2D eigenvalue weighted by Crippen LogP contribution is -2.53. The zero-order chi connectivity index (χ0) is 27.4. The van der Waals surface area contributed by atoms with Crippen LogP contribution in [0.3, 0.4) is 0 Å². The van der Waals surface area contributed by atoms with Crippen molar-refractivity contribution in [2.45, 2.75) is 55.0 Å². The number of nitrogens with one attached hydrogen (secondary N) is 1.